The summed E-state index contributed by atoms with van der Waals surface area (Å²) in [5.74, 6) is -1.76. The summed E-state index contributed by atoms with van der Waals surface area (Å²) < 4.78 is 9.45. The van der Waals surface area contributed by atoms with Crippen LogP contribution in [-0.2, 0) is 19.1 Å². The Morgan fingerprint density at radius 1 is 1.00 bits per heavy atom. The van der Waals surface area contributed by atoms with Crippen molar-refractivity contribution >= 4 is 11.9 Å². The van der Waals surface area contributed by atoms with Crippen LogP contribution in [0.2, 0.25) is 0 Å². The Morgan fingerprint density at radius 3 is 1.50 bits per heavy atom. The predicted octanol–water partition coefficient (Wildman–Crippen LogP) is 0.974. The minimum Gasteiger partial charge on any atom is -0.465 e. The van der Waals surface area contributed by atoms with Gasteiger partial charge in [0.2, 0.25) is 0 Å². The lowest BCUT2D eigenvalue weighted by Gasteiger charge is -2.11. The van der Waals surface area contributed by atoms with Crippen LogP contribution < -0.4 is 5.32 Å². The highest BCUT2D eigenvalue weighted by molar-refractivity contribution is 5.94. The van der Waals surface area contributed by atoms with E-state index < -0.39 is 17.9 Å². The van der Waals surface area contributed by atoms with Gasteiger partial charge in [0.1, 0.15) is 0 Å². The van der Waals surface area contributed by atoms with Crippen molar-refractivity contribution in [2.45, 2.75) is 27.2 Å². The van der Waals surface area contributed by atoms with Crippen LogP contribution in [0.25, 0.3) is 0 Å². The summed E-state index contributed by atoms with van der Waals surface area (Å²) in [5.41, 5.74) is 0. The first-order chi connectivity index (χ1) is 7.58. The highest BCUT2D eigenvalue weighted by atomic mass is 16.6. The van der Waals surface area contributed by atoms with Gasteiger partial charge in [-0.25, -0.2) is 0 Å². The molecule has 16 heavy (non-hydrogen) atoms. The molecule has 0 saturated heterocycles. The van der Waals surface area contributed by atoms with Gasteiger partial charge in [-0.2, -0.15) is 0 Å². The molecular formula is C11H23NO4. The van der Waals surface area contributed by atoms with Gasteiger partial charge in [-0.15, -0.1) is 0 Å². The van der Waals surface area contributed by atoms with Gasteiger partial charge in [-0.1, -0.05) is 6.92 Å². The van der Waals surface area contributed by atoms with Crippen LogP contribution in [0.4, 0.5) is 0 Å². The molecule has 0 aromatic carbocycles. The molecule has 0 rings (SSSR count). The zero-order chi connectivity index (χ0) is 13.0. The molecule has 5 nitrogen and oxygen atoms in total. The molecule has 0 unspecified atom stereocenters. The van der Waals surface area contributed by atoms with Crippen LogP contribution in [-0.4, -0.2) is 39.2 Å². The summed E-state index contributed by atoms with van der Waals surface area (Å²) in [6.07, 6.45) is 0.414. The second-order valence-corrected chi connectivity index (χ2v) is 2.96. The van der Waals surface area contributed by atoms with Crippen LogP contribution in [0.1, 0.15) is 27.2 Å². The normalized spacial score (nSPS) is 9.12. The van der Waals surface area contributed by atoms with Crippen LogP contribution in [0.5, 0.6) is 0 Å². The van der Waals surface area contributed by atoms with Gasteiger partial charge < -0.3 is 14.8 Å². The number of ether oxygens (including phenoxy) is 2. The third-order valence-corrected chi connectivity index (χ3v) is 1.55. The molecule has 0 aromatic rings. The van der Waals surface area contributed by atoms with Crippen molar-refractivity contribution in [1.82, 2.24) is 5.32 Å². The molecular weight excluding hydrogens is 210 g/mol. The van der Waals surface area contributed by atoms with Gasteiger partial charge in [0, 0.05) is 0 Å². The molecule has 0 aromatic heterocycles. The third-order valence-electron chi connectivity index (χ3n) is 1.55. The van der Waals surface area contributed by atoms with E-state index in [1.807, 2.05) is 14.1 Å². The Morgan fingerprint density at radius 2 is 1.31 bits per heavy atom. The molecule has 0 saturated carbocycles. The fraction of sp³-hybridized carbons (Fsp3) is 0.818. The summed E-state index contributed by atoms with van der Waals surface area (Å²) in [7, 11) is 3.75. The maximum atomic E-state index is 11.2. The summed E-state index contributed by atoms with van der Waals surface area (Å²) in [4.78, 5) is 22.3. The average Bonchev–Trinajstić information content (AvgIpc) is 2.20. The van der Waals surface area contributed by atoms with E-state index in [-0.39, 0.29) is 13.2 Å². The molecule has 5 heteroatoms. The van der Waals surface area contributed by atoms with E-state index in [4.69, 9.17) is 9.47 Å². The van der Waals surface area contributed by atoms with Crippen LogP contribution >= 0.6 is 0 Å². The van der Waals surface area contributed by atoms with E-state index >= 15 is 0 Å². The second-order valence-electron chi connectivity index (χ2n) is 2.96. The van der Waals surface area contributed by atoms with Crippen LogP contribution in [0.15, 0.2) is 0 Å². The van der Waals surface area contributed by atoms with E-state index in [1.54, 1.807) is 20.8 Å². The zero-order valence-corrected chi connectivity index (χ0v) is 10.8. The van der Waals surface area contributed by atoms with E-state index in [1.165, 1.54) is 0 Å². The van der Waals surface area contributed by atoms with E-state index in [2.05, 4.69) is 5.32 Å². The molecule has 0 aliphatic rings. The van der Waals surface area contributed by atoms with Crippen molar-refractivity contribution in [3.8, 4) is 0 Å². The summed E-state index contributed by atoms with van der Waals surface area (Å²) >= 11 is 0. The molecule has 0 radical (unpaired) electrons. The quantitative estimate of drug-likeness (QED) is 0.566. The fourth-order valence-electron chi connectivity index (χ4n) is 0.915. The van der Waals surface area contributed by atoms with Crippen molar-refractivity contribution in [3.05, 3.63) is 0 Å². The van der Waals surface area contributed by atoms with Gasteiger partial charge in [-0.05, 0) is 34.4 Å². The predicted molar refractivity (Wildman–Crippen MR) is 62.0 cm³/mol. The van der Waals surface area contributed by atoms with Gasteiger partial charge >= 0.3 is 11.9 Å². The van der Waals surface area contributed by atoms with Gasteiger partial charge in [-0.3, -0.25) is 9.59 Å². The molecule has 0 heterocycles. The molecule has 0 bridgehead atoms. The lowest BCUT2D eigenvalue weighted by atomic mass is 10.1. The highest BCUT2D eigenvalue weighted by Crippen LogP contribution is 2.07. The Bertz CT molecular complexity index is 176. The SMILES string of the molecule is CCOC(=O)C(CC)C(=O)OCC.CNC. The van der Waals surface area contributed by atoms with Crippen molar-refractivity contribution in [2.24, 2.45) is 5.92 Å². The topological polar surface area (TPSA) is 64.6 Å². The number of carbonyl (C=O) groups excluding carboxylic acids is 2. The molecule has 0 aliphatic carbocycles. The van der Waals surface area contributed by atoms with Gasteiger partial charge in [0.25, 0.3) is 0 Å². The minimum absolute atomic E-state index is 0.286. The summed E-state index contributed by atoms with van der Waals surface area (Å²) in [6.45, 7) is 5.73. The van der Waals surface area contributed by atoms with Crippen molar-refractivity contribution in [1.29, 1.82) is 0 Å². The Balaban J connectivity index is 0. The molecule has 0 aliphatic heterocycles. The van der Waals surface area contributed by atoms with Crippen LogP contribution in [0, 0.1) is 5.92 Å². The Kier molecular flexibility index (Phi) is 12.9. The molecule has 0 fully saturated rings. The number of hydrogen-bond acceptors (Lipinski definition) is 5. The number of rotatable bonds is 5. The summed E-state index contributed by atoms with van der Waals surface area (Å²) in [5, 5.41) is 2.75. The van der Waals surface area contributed by atoms with Gasteiger partial charge in [0.05, 0.1) is 13.2 Å². The average molecular weight is 233 g/mol. The molecule has 0 spiro atoms. The standard InChI is InChI=1S/C9H16O4.C2H7N/c1-4-7(8(10)12-5-2)9(11)13-6-3;1-3-2/h7H,4-6H2,1-3H3;3H,1-2H3. The number of nitrogens with one attached hydrogen (secondary N) is 1. The van der Waals surface area contributed by atoms with E-state index in [0.717, 1.165) is 0 Å². The Labute approximate surface area is 97.5 Å². The maximum Gasteiger partial charge on any atom is 0.320 e. The zero-order valence-electron chi connectivity index (χ0n) is 10.8. The number of carbonyl (C=O) groups is 2. The van der Waals surface area contributed by atoms with Crippen molar-refractivity contribution in [3.63, 3.8) is 0 Å². The van der Waals surface area contributed by atoms with E-state index in [9.17, 15) is 9.59 Å². The minimum atomic E-state index is -0.764. The first-order valence-corrected chi connectivity index (χ1v) is 5.50. The molecule has 96 valence electrons. The first-order valence-electron chi connectivity index (χ1n) is 5.50. The third kappa shape index (κ3) is 8.23. The van der Waals surface area contributed by atoms with Crippen LogP contribution in [0.3, 0.4) is 0 Å². The summed E-state index contributed by atoms with van der Waals surface area (Å²) in [6, 6.07) is 0. The smallest absolute Gasteiger partial charge is 0.320 e. The van der Waals surface area contributed by atoms with Gasteiger partial charge in [0.15, 0.2) is 5.92 Å². The maximum absolute atomic E-state index is 11.2. The lowest BCUT2D eigenvalue weighted by molar-refractivity contribution is -0.161. The van der Waals surface area contributed by atoms with Crippen molar-refractivity contribution < 1.29 is 19.1 Å². The molecule has 0 atom stereocenters. The molecule has 1 N–H and O–H groups in total. The lowest BCUT2D eigenvalue weighted by Crippen LogP contribution is -2.27. The fourth-order valence-corrected chi connectivity index (χ4v) is 0.915. The largest absolute Gasteiger partial charge is 0.465 e. The van der Waals surface area contributed by atoms with Crippen molar-refractivity contribution in [2.75, 3.05) is 27.3 Å². The van der Waals surface area contributed by atoms with E-state index in [0.29, 0.717) is 6.42 Å². The molecule has 0 amide bonds. The second kappa shape index (κ2) is 12.0. The first kappa shape index (κ1) is 17.3. The number of esters is 2. The Hall–Kier alpha value is -1.10. The number of hydrogen-bond donors (Lipinski definition) is 1. The monoisotopic (exact) mass is 233 g/mol. The highest BCUT2D eigenvalue weighted by Gasteiger charge is 2.27.